The summed E-state index contributed by atoms with van der Waals surface area (Å²) in [7, 11) is 6.72. The van der Waals surface area contributed by atoms with E-state index in [1.807, 2.05) is 55.3 Å². The monoisotopic (exact) mass is 375 g/mol. The van der Waals surface area contributed by atoms with E-state index in [1.54, 1.807) is 21.3 Å². The van der Waals surface area contributed by atoms with Crippen LogP contribution in [-0.2, 0) is 6.54 Å². The minimum Gasteiger partial charge on any atom is -0.493 e. The molecule has 0 amide bonds. The molecule has 6 nitrogen and oxygen atoms in total. The predicted octanol–water partition coefficient (Wildman–Crippen LogP) is 2.89. The minimum absolute atomic E-state index is 0.234. The average Bonchev–Trinajstić information content (AvgIpc) is 2.66. The number of hydrogen-bond donors (Lipinski definition) is 1. The fourth-order valence-electron chi connectivity index (χ4n) is 2.96. The summed E-state index contributed by atoms with van der Waals surface area (Å²) in [5, 5.41) is 10.3. The molecule has 0 aliphatic rings. The number of hydrogen-bond acceptors (Lipinski definition) is 6. The van der Waals surface area contributed by atoms with Crippen LogP contribution in [0.4, 0.5) is 0 Å². The standard InChI is InChI=1S/C21H29NO5/c1-15-8-6-7-9-18(15)27-14-17(23)13-22(2)12-16-10-11-19(24-3)21(26-5)20(16)25-4/h6-11,17,23H,12-14H2,1-5H3/t17-/m1/s1. The summed E-state index contributed by atoms with van der Waals surface area (Å²) < 4.78 is 22.0. The molecular formula is C21H29NO5. The maximum Gasteiger partial charge on any atom is 0.203 e. The quantitative estimate of drug-likeness (QED) is 0.689. The molecule has 0 saturated heterocycles. The van der Waals surface area contributed by atoms with Crippen LogP contribution in [0.5, 0.6) is 23.0 Å². The van der Waals surface area contributed by atoms with Crippen molar-refractivity contribution in [3.05, 3.63) is 47.5 Å². The first-order valence-electron chi connectivity index (χ1n) is 8.83. The Kier molecular flexibility index (Phi) is 7.76. The Balaban J connectivity index is 1.96. The molecule has 6 heteroatoms. The van der Waals surface area contributed by atoms with Gasteiger partial charge in [-0.25, -0.2) is 0 Å². The van der Waals surface area contributed by atoms with Crippen LogP contribution in [0.3, 0.4) is 0 Å². The van der Waals surface area contributed by atoms with E-state index in [1.165, 1.54) is 0 Å². The molecule has 2 aromatic carbocycles. The molecule has 0 aliphatic carbocycles. The van der Waals surface area contributed by atoms with E-state index in [2.05, 4.69) is 0 Å². The summed E-state index contributed by atoms with van der Waals surface area (Å²) in [5.74, 6) is 2.61. The van der Waals surface area contributed by atoms with Gasteiger partial charge in [0.1, 0.15) is 18.5 Å². The van der Waals surface area contributed by atoms with E-state index in [-0.39, 0.29) is 6.61 Å². The molecule has 148 valence electrons. The molecule has 27 heavy (non-hydrogen) atoms. The van der Waals surface area contributed by atoms with E-state index < -0.39 is 6.10 Å². The molecule has 0 saturated carbocycles. The first-order chi connectivity index (χ1) is 13.0. The van der Waals surface area contributed by atoms with Crippen molar-refractivity contribution in [3.63, 3.8) is 0 Å². The lowest BCUT2D eigenvalue weighted by Crippen LogP contribution is -2.33. The van der Waals surface area contributed by atoms with Gasteiger partial charge < -0.3 is 24.1 Å². The van der Waals surface area contributed by atoms with Gasteiger partial charge in [-0.3, -0.25) is 4.90 Å². The third-order valence-corrected chi connectivity index (χ3v) is 4.27. The lowest BCUT2D eigenvalue weighted by atomic mass is 10.1. The topological polar surface area (TPSA) is 60.4 Å². The second kappa shape index (κ2) is 10.0. The second-order valence-corrected chi connectivity index (χ2v) is 6.42. The first-order valence-corrected chi connectivity index (χ1v) is 8.83. The van der Waals surface area contributed by atoms with Crippen LogP contribution in [0, 0.1) is 6.92 Å². The summed E-state index contributed by atoms with van der Waals surface area (Å²) in [6.45, 7) is 3.27. The lowest BCUT2D eigenvalue weighted by molar-refractivity contribution is 0.0739. The molecule has 2 aromatic rings. The molecule has 1 atom stereocenters. The van der Waals surface area contributed by atoms with Crippen molar-refractivity contribution >= 4 is 0 Å². The molecule has 0 spiro atoms. The first kappa shape index (κ1) is 20.9. The van der Waals surface area contributed by atoms with Gasteiger partial charge in [0.2, 0.25) is 5.75 Å². The number of aryl methyl sites for hydroxylation is 1. The summed E-state index contributed by atoms with van der Waals surface area (Å²) >= 11 is 0. The van der Waals surface area contributed by atoms with Crippen molar-refractivity contribution in [3.8, 4) is 23.0 Å². The number of rotatable bonds is 10. The fraction of sp³-hybridized carbons (Fsp3) is 0.429. The largest absolute Gasteiger partial charge is 0.493 e. The van der Waals surface area contributed by atoms with Crippen LogP contribution in [0.1, 0.15) is 11.1 Å². The van der Waals surface area contributed by atoms with Gasteiger partial charge in [-0.15, -0.1) is 0 Å². The Morgan fingerprint density at radius 1 is 0.926 bits per heavy atom. The van der Waals surface area contributed by atoms with Gasteiger partial charge in [0, 0.05) is 18.7 Å². The second-order valence-electron chi connectivity index (χ2n) is 6.42. The van der Waals surface area contributed by atoms with Crippen molar-refractivity contribution in [2.75, 3.05) is 41.5 Å². The van der Waals surface area contributed by atoms with E-state index in [9.17, 15) is 5.11 Å². The van der Waals surface area contributed by atoms with Gasteiger partial charge in [-0.2, -0.15) is 0 Å². The van der Waals surface area contributed by atoms with E-state index in [0.29, 0.717) is 30.3 Å². The molecule has 0 heterocycles. The average molecular weight is 375 g/mol. The molecule has 0 unspecified atom stereocenters. The molecule has 0 aromatic heterocycles. The Morgan fingerprint density at radius 2 is 1.63 bits per heavy atom. The van der Waals surface area contributed by atoms with Crippen LogP contribution in [0.25, 0.3) is 0 Å². The molecule has 0 aliphatic heterocycles. The fourth-order valence-corrected chi connectivity index (χ4v) is 2.96. The highest BCUT2D eigenvalue weighted by atomic mass is 16.5. The smallest absolute Gasteiger partial charge is 0.203 e. The van der Waals surface area contributed by atoms with E-state index in [0.717, 1.165) is 16.9 Å². The highest BCUT2D eigenvalue weighted by Gasteiger charge is 2.18. The number of ether oxygens (including phenoxy) is 4. The van der Waals surface area contributed by atoms with Crippen LogP contribution < -0.4 is 18.9 Å². The van der Waals surface area contributed by atoms with Crippen LogP contribution in [-0.4, -0.2) is 57.6 Å². The van der Waals surface area contributed by atoms with Gasteiger partial charge in [-0.05, 0) is 31.7 Å². The van der Waals surface area contributed by atoms with Crippen LogP contribution >= 0.6 is 0 Å². The molecule has 0 radical (unpaired) electrons. The number of para-hydroxylation sites is 1. The summed E-state index contributed by atoms with van der Waals surface area (Å²) in [4.78, 5) is 2.01. The number of methoxy groups -OCH3 is 3. The van der Waals surface area contributed by atoms with Crippen LogP contribution in [0.15, 0.2) is 36.4 Å². The van der Waals surface area contributed by atoms with Gasteiger partial charge in [0.05, 0.1) is 21.3 Å². The third kappa shape index (κ3) is 5.52. The highest BCUT2D eigenvalue weighted by Crippen LogP contribution is 2.40. The molecule has 0 fully saturated rings. The molecular weight excluding hydrogens is 346 g/mol. The Hall–Kier alpha value is -2.44. The van der Waals surface area contributed by atoms with Crippen molar-refractivity contribution in [1.29, 1.82) is 0 Å². The number of likely N-dealkylation sites (N-methyl/N-ethyl adjacent to an activating group) is 1. The summed E-state index contributed by atoms with van der Waals surface area (Å²) in [6, 6.07) is 11.6. The zero-order chi connectivity index (χ0) is 19.8. The minimum atomic E-state index is -0.610. The van der Waals surface area contributed by atoms with E-state index in [4.69, 9.17) is 18.9 Å². The lowest BCUT2D eigenvalue weighted by Gasteiger charge is -2.23. The van der Waals surface area contributed by atoms with Crippen molar-refractivity contribution in [2.24, 2.45) is 0 Å². The number of nitrogens with zero attached hydrogens (tertiary/aromatic N) is 1. The predicted molar refractivity (Wildman–Crippen MR) is 105 cm³/mol. The third-order valence-electron chi connectivity index (χ3n) is 4.27. The van der Waals surface area contributed by atoms with Gasteiger partial charge >= 0.3 is 0 Å². The van der Waals surface area contributed by atoms with Crippen LogP contribution in [0.2, 0.25) is 0 Å². The zero-order valence-corrected chi connectivity index (χ0v) is 16.7. The number of benzene rings is 2. The van der Waals surface area contributed by atoms with Gasteiger partial charge in [0.15, 0.2) is 11.5 Å². The summed E-state index contributed by atoms with van der Waals surface area (Å²) in [6.07, 6.45) is -0.610. The maximum atomic E-state index is 10.3. The van der Waals surface area contributed by atoms with Crippen molar-refractivity contribution in [2.45, 2.75) is 19.6 Å². The normalized spacial score (nSPS) is 12.0. The van der Waals surface area contributed by atoms with E-state index >= 15 is 0 Å². The van der Waals surface area contributed by atoms with Gasteiger partial charge in [0.25, 0.3) is 0 Å². The Bertz CT molecular complexity index is 735. The highest BCUT2D eigenvalue weighted by molar-refractivity contribution is 5.55. The van der Waals surface area contributed by atoms with Gasteiger partial charge in [-0.1, -0.05) is 24.3 Å². The molecule has 0 bridgehead atoms. The van der Waals surface area contributed by atoms with Crippen molar-refractivity contribution < 1.29 is 24.1 Å². The maximum absolute atomic E-state index is 10.3. The van der Waals surface area contributed by atoms with Crippen molar-refractivity contribution in [1.82, 2.24) is 4.90 Å². The summed E-state index contributed by atoms with van der Waals surface area (Å²) in [5.41, 5.74) is 2.00. The molecule has 2 rings (SSSR count). The number of aliphatic hydroxyl groups excluding tert-OH is 1. The SMILES string of the molecule is COc1ccc(CN(C)C[C@@H](O)COc2ccccc2C)c(OC)c1OC. The molecule has 1 N–H and O–H groups in total. The zero-order valence-electron chi connectivity index (χ0n) is 16.7. The Labute approximate surface area is 161 Å². The Morgan fingerprint density at radius 3 is 2.26 bits per heavy atom. The number of aliphatic hydroxyl groups is 1.